The Morgan fingerprint density at radius 2 is 0.761 bits per heavy atom. The van der Waals surface area contributed by atoms with E-state index < -0.39 is 26.5 Å². The minimum Gasteiger partial charge on any atom is -0.756 e. The molecule has 0 bridgehead atoms. The number of ether oxygens (including phenoxy) is 2. The van der Waals surface area contributed by atoms with Crippen LogP contribution in [-0.2, 0) is 32.7 Å². The highest BCUT2D eigenvalue weighted by atomic mass is 31.2. The van der Waals surface area contributed by atoms with Crippen molar-refractivity contribution in [3.05, 3.63) is 12.2 Å². The number of nitrogens with zero attached hydrogens (tertiary/aromatic N) is 1. The molecule has 0 radical (unpaired) electrons. The van der Waals surface area contributed by atoms with Crippen LogP contribution in [0.25, 0.3) is 0 Å². The summed E-state index contributed by atoms with van der Waals surface area (Å²) < 4.78 is 34.1. The Hall–Kier alpha value is -1.25. The minimum absolute atomic E-state index is 0.0290. The smallest absolute Gasteiger partial charge is 0.306 e. The van der Waals surface area contributed by atoms with Crippen molar-refractivity contribution in [3.8, 4) is 0 Å². The molecule has 0 spiro atoms. The normalized spacial score (nSPS) is 13.3. The van der Waals surface area contributed by atoms with Gasteiger partial charge in [0.2, 0.25) is 0 Å². The average molecular weight is 970 g/mol. The number of rotatable bonds is 54. The third-order valence-electron chi connectivity index (χ3n) is 13.0. The lowest BCUT2D eigenvalue weighted by atomic mass is 10.0. The first kappa shape index (κ1) is 65.8. The minimum atomic E-state index is -4.63. The van der Waals surface area contributed by atoms with Crippen molar-refractivity contribution in [3.63, 3.8) is 0 Å². The highest BCUT2D eigenvalue weighted by molar-refractivity contribution is 7.45. The summed E-state index contributed by atoms with van der Waals surface area (Å²) >= 11 is 0. The van der Waals surface area contributed by atoms with E-state index >= 15 is 0 Å². The standard InChI is InChI=1S/C57H112NO8P/c1-6-8-10-12-14-16-18-20-21-22-23-24-25-26-27-28-29-30-31-32-33-34-35-36-38-39-41-43-45-47-49-56(59)63-53-55(54-65-67(61,62)64-52-51-58(3,4)5)66-57(60)50-48-46-44-42-40-37-19-17-15-13-11-9-7-2/h17,19,55H,6-16,18,20-54H2,1-5H3/b19-17-. The van der Waals surface area contributed by atoms with Crippen LogP contribution >= 0.6 is 7.82 Å². The highest BCUT2D eigenvalue weighted by Crippen LogP contribution is 2.38. The number of unbranched alkanes of at least 4 members (excludes halogenated alkanes) is 38. The number of phosphoric ester groups is 1. The Bertz CT molecular complexity index is 1140. The molecular weight excluding hydrogens is 858 g/mol. The molecule has 2 unspecified atom stereocenters. The number of hydrogen-bond acceptors (Lipinski definition) is 8. The molecule has 0 saturated heterocycles. The van der Waals surface area contributed by atoms with Gasteiger partial charge in [0.25, 0.3) is 7.82 Å². The van der Waals surface area contributed by atoms with E-state index in [4.69, 9.17) is 18.5 Å². The average Bonchev–Trinajstić information content (AvgIpc) is 3.29. The van der Waals surface area contributed by atoms with E-state index in [1.165, 1.54) is 205 Å². The molecule has 0 N–H and O–H groups in total. The quantitative estimate of drug-likeness (QED) is 0.0195. The number of likely N-dealkylation sites (N-methyl/N-ethyl adjacent to an activating group) is 1. The van der Waals surface area contributed by atoms with Gasteiger partial charge in [-0.1, -0.05) is 251 Å². The van der Waals surface area contributed by atoms with Crippen LogP contribution in [0.15, 0.2) is 12.2 Å². The third kappa shape index (κ3) is 53.9. The van der Waals surface area contributed by atoms with Crippen LogP contribution < -0.4 is 4.89 Å². The summed E-state index contributed by atoms with van der Waals surface area (Å²) in [6.45, 7) is 4.26. The van der Waals surface area contributed by atoms with Crippen LogP contribution in [0.4, 0.5) is 0 Å². The van der Waals surface area contributed by atoms with Gasteiger partial charge in [0.15, 0.2) is 6.10 Å². The SMILES string of the molecule is CCCCCC/C=C\CCCCCCCC(=O)OC(COC(=O)CCCCCCCCCCCCCCCCCCCCCCCCCCCCCCCC)COP(=O)([O-])OCC[N+](C)(C)C. The van der Waals surface area contributed by atoms with Gasteiger partial charge in [-0.15, -0.1) is 0 Å². The summed E-state index contributed by atoms with van der Waals surface area (Å²) in [6.07, 6.45) is 57.1. The highest BCUT2D eigenvalue weighted by Gasteiger charge is 2.22. The molecule has 398 valence electrons. The first-order valence-electron chi connectivity index (χ1n) is 28.9. The van der Waals surface area contributed by atoms with Gasteiger partial charge in [0.05, 0.1) is 27.7 Å². The number of quaternary nitrogens is 1. The molecule has 0 heterocycles. The molecular formula is C57H112NO8P. The van der Waals surface area contributed by atoms with E-state index in [-0.39, 0.29) is 32.0 Å². The molecule has 67 heavy (non-hydrogen) atoms. The topological polar surface area (TPSA) is 111 Å². The monoisotopic (exact) mass is 970 g/mol. The van der Waals surface area contributed by atoms with Crippen LogP contribution in [-0.4, -0.2) is 70.0 Å². The lowest BCUT2D eigenvalue weighted by Gasteiger charge is -2.28. The largest absolute Gasteiger partial charge is 0.756 e. The summed E-state index contributed by atoms with van der Waals surface area (Å²) in [7, 11) is 1.18. The summed E-state index contributed by atoms with van der Waals surface area (Å²) in [5, 5.41) is 0. The van der Waals surface area contributed by atoms with Crippen molar-refractivity contribution >= 4 is 19.8 Å². The van der Waals surface area contributed by atoms with Gasteiger partial charge in [0, 0.05) is 12.8 Å². The van der Waals surface area contributed by atoms with Crippen molar-refractivity contribution in [2.24, 2.45) is 0 Å². The molecule has 10 heteroatoms. The van der Waals surface area contributed by atoms with Crippen LogP contribution in [0.2, 0.25) is 0 Å². The molecule has 0 amide bonds. The molecule has 0 fully saturated rings. The maximum Gasteiger partial charge on any atom is 0.306 e. The van der Waals surface area contributed by atoms with Gasteiger partial charge in [0.1, 0.15) is 19.8 Å². The first-order chi connectivity index (χ1) is 32.5. The fourth-order valence-corrected chi connectivity index (χ4v) is 9.26. The van der Waals surface area contributed by atoms with Crippen LogP contribution in [0, 0.1) is 0 Å². The second-order valence-corrected chi connectivity index (χ2v) is 22.4. The molecule has 2 atom stereocenters. The van der Waals surface area contributed by atoms with E-state index in [9.17, 15) is 19.0 Å². The molecule has 0 aromatic rings. The van der Waals surface area contributed by atoms with E-state index in [0.717, 1.165) is 51.4 Å². The molecule has 0 aromatic heterocycles. The Labute approximate surface area is 416 Å². The summed E-state index contributed by atoms with van der Waals surface area (Å²) in [4.78, 5) is 37.7. The van der Waals surface area contributed by atoms with E-state index in [0.29, 0.717) is 17.4 Å². The molecule has 0 aliphatic carbocycles. The second kappa shape index (κ2) is 49.7. The van der Waals surface area contributed by atoms with Gasteiger partial charge in [-0.2, -0.15) is 0 Å². The maximum absolute atomic E-state index is 12.7. The van der Waals surface area contributed by atoms with Crippen molar-refractivity contribution in [1.82, 2.24) is 0 Å². The van der Waals surface area contributed by atoms with Crippen molar-refractivity contribution in [2.75, 3.05) is 47.5 Å². The zero-order chi connectivity index (χ0) is 49.2. The Kier molecular flexibility index (Phi) is 48.8. The summed E-state index contributed by atoms with van der Waals surface area (Å²) in [5.74, 6) is -0.828. The predicted molar refractivity (Wildman–Crippen MR) is 282 cm³/mol. The number of esters is 2. The van der Waals surface area contributed by atoms with Crippen molar-refractivity contribution < 1.29 is 42.1 Å². The van der Waals surface area contributed by atoms with E-state index in [2.05, 4.69) is 26.0 Å². The second-order valence-electron chi connectivity index (χ2n) is 21.0. The number of phosphoric acid groups is 1. The van der Waals surface area contributed by atoms with Crippen LogP contribution in [0.3, 0.4) is 0 Å². The maximum atomic E-state index is 12.7. The Morgan fingerprint density at radius 1 is 0.448 bits per heavy atom. The lowest BCUT2D eigenvalue weighted by Crippen LogP contribution is -2.37. The molecule has 0 saturated carbocycles. The number of carbonyl (C=O) groups excluding carboxylic acids is 2. The Morgan fingerprint density at radius 3 is 1.12 bits per heavy atom. The van der Waals surface area contributed by atoms with Crippen molar-refractivity contribution in [2.45, 2.75) is 296 Å². The van der Waals surface area contributed by atoms with E-state index in [1.54, 1.807) is 0 Å². The van der Waals surface area contributed by atoms with Gasteiger partial charge in [-0.25, -0.2) is 0 Å². The third-order valence-corrected chi connectivity index (χ3v) is 14.0. The molecule has 0 rings (SSSR count). The van der Waals surface area contributed by atoms with Gasteiger partial charge in [-0.3, -0.25) is 14.2 Å². The first-order valence-corrected chi connectivity index (χ1v) is 30.4. The number of carbonyl (C=O) groups is 2. The van der Waals surface area contributed by atoms with Gasteiger partial charge >= 0.3 is 11.9 Å². The Balaban J connectivity index is 3.97. The fourth-order valence-electron chi connectivity index (χ4n) is 8.54. The van der Waals surface area contributed by atoms with Crippen LogP contribution in [0.5, 0.6) is 0 Å². The molecule has 9 nitrogen and oxygen atoms in total. The molecule has 0 aromatic carbocycles. The molecule has 0 aliphatic rings. The van der Waals surface area contributed by atoms with Crippen LogP contribution in [0.1, 0.15) is 290 Å². The zero-order valence-corrected chi connectivity index (χ0v) is 46.0. The van der Waals surface area contributed by atoms with E-state index in [1.807, 2.05) is 21.1 Å². The fraction of sp³-hybridized carbons (Fsp3) is 0.930. The lowest BCUT2D eigenvalue weighted by molar-refractivity contribution is -0.870. The predicted octanol–water partition coefficient (Wildman–Crippen LogP) is 17.0. The zero-order valence-electron chi connectivity index (χ0n) is 45.1. The van der Waals surface area contributed by atoms with Gasteiger partial charge < -0.3 is 27.9 Å². The van der Waals surface area contributed by atoms with Gasteiger partial charge in [-0.05, 0) is 38.5 Å². The van der Waals surface area contributed by atoms with Crippen molar-refractivity contribution in [1.29, 1.82) is 0 Å². The summed E-state index contributed by atoms with van der Waals surface area (Å²) in [5.41, 5.74) is 0. The summed E-state index contributed by atoms with van der Waals surface area (Å²) in [6, 6.07) is 0. The number of allylic oxidation sites excluding steroid dienone is 2. The molecule has 0 aliphatic heterocycles. The number of hydrogen-bond donors (Lipinski definition) is 0.